The molecule has 2 aromatic rings. The third-order valence-corrected chi connectivity index (χ3v) is 2.11. The van der Waals surface area contributed by atoms with Gasteiger partial charge in [0.1, 0.15) is 5.52 Å². The monoisotopic (exact) mass is 226 g/mol. The number of hydrogen-bond acceptors (Lipinski definition) is 3. The molecule has 0 saturated carbocycles. The van der Waals surface area contributed by atoms with E-state index in [2.05, 4.69) is 10.3 Å². The first-order valence-electron chi connectivity index (χ1n) is 4.84. The van der Waals surface area contributed by atoms with Gasteiger partial charge in [0, 0.05) is 17.7 Å². The summed E-state index contributed by atoms with van der Waals surface area (Å²) in [6, 6.07) is 2.11. The van der Waals surface area contributed by atoms with Crippen molar-refractivity contribution < 1.29 is 8.78 Å². The number of hydrogen-bond donors (Lipinski definition) is 1. The SMILES string of the molecule is CC(C)(N)Cn1nnc2cc(F)c(F)cc21. The zero-order chi connectivity index (χ0) is 11.9. The Bertz CT molecular complexity index is 527. The van der Waals surface area contributed by atoms with Crippen molar-refractivity contribution in [3.8, 4) is 0 Å². The third kappa shape index (κ3) is 2.01. The largest absolute Gasteiger partial charge is 0.324 e. The van der Waals surface area contributed by atoms with E-state index in [4.69, 9.17) is 5.73 Å². The fourth-order valence-corrected chi connectivity index (χ4v) is 1.47. The molecule has 2 N–H and O–H groups in total. The summed E-state index contributed by atoms with van der Waals surface area (Å²) in [5.41, 5.74) is 6.10. The zero-order valence-corrected chi connectivity index (χ0v) is 9.04. The lowest BCUT2D eigenvalue weighted by Crippen LogP contribution is -2.37. The van der Waals surface area contributed by atoms with E-state index in [-0.39, 0.29) is 0 Å². The highest BCUT2D eigenvalue weighted by molar-refractivity contribution is 5.74. The number of nitrogens with zero attached hydrogens (tertiary/aromatic N) is 3. The molecule has 0 aliphatic carbocycles. The van der Waals surface area contributed by atoms with Crippen LogP contribution in [0.1, 0.15) is 13.8 Å². The van der Waals surface area contributed by atoms with Gasteiger partial charge in [-0.15, -0.1) is 5.10 Å². The Hall–Kier alpha value is -1.56. The predicted molar refractivity (Wildman–Crippen MR) is 55.7 cm³/mol. The molecule has 6 heteroatoms. The molecule has 1 aromatic carbocycles. The van der Waals surface area contributed by atoms with Crippen molar-refractivity contribution >= 4 is 11.0 Å². The highest BCUT2D eigenvalue weighted by Crippen LogP contribution is 2.17. The molecule has 0 bridgehead atoms. The van der Waals surface area contributed by atoms with Crippen LogP contribution in [0.15, 0.2) is 12.1 Å². The molecule has 86 valence electrons. The number of fused-ring (bicyclic) bond motifs is 1. The van der Waals surface area contributed by atoms with Crippen molar-refractivity contribution in [3.05, 3.63) is 23.8 Å². The second kappa shape index (κ2) is 3.48. The minimum absolute atomic E-state index is 0.322. The number of aromatic nitrogens is 3. The summed E-state index contributed by atoms with van der Waals surface area (Å²) in [4.78, 5) is 0. The number of benzene rings is 1. The van der Waals surface area contributed by atoms with Gasteiger partial charge in [-0.3, -0.25) is 0 Å². The van der Waals surface area contributed by atoms with E-state index in [1.165, 1.54) is 4.68 Å². The Morgan fingerprint density at radius 2 is 1.94 bits per heavy atom. The lowest BCUT2D eigenvalue weighted by molar-refractivity contribution is 0.409. The van der Waals surface area contributed by atoms with Gasteiger partial charge in [-0.25, -0.2) is 13.5 Å². The molecule has 0 spiro atoms. The Morgan fingerprint density at radius 3 is 2.56 bits per heavy atom. The fraction of sp³-hybridized carbons (Fsp3) is 0.400. The summed E-state index contributed by atoms with van der Waals surface area (Å²) in [6.45, 7) is 4.02. The lowest BCUT2D eigenvalue weighted by Gasteiger charge is -2.17. The van der Waals surface area contributed by atoms with E-state index < -0.39 is 17.2 Å². The lowest BCUT2D eigenvalue weighted by atomic mass is 10.1. The van der Waals surface area contributed by atoms with Gasteiger partial charge in [-0.05, 0) is 13.8 Å². The van der Waals surface area contributed by atoms with E-state index in [0.717, 1.165) is 12.1 Å². The van der Waals surface area contributed by atoms with Crippen molar-refractivity contribution in [2.24, 2.45) is 5.73 Å². The molecule has 0 saturated heterocycles. The normalized spacial score (nSPS) is 12.3. The van der Waals surface area contributed by atoms with Crippen molar-refractivity contribution in [3.63, 3.8) is 0 Å². The molecule has 0 radical (unpaired) electrons. The minimum atomic E-state index is -0.924. The maximum Gasteiger partial charge on any atom is 0.161 e. The molecule has 1 aromatic heterocycles. The van der Waals surface area contributed by atoms with E-state index in [1.807, 2.05) is 13.8 Å². The maximum absolute atomic E-state index is 13.1. The van der Waals surface area contributed by atoms with Gasteiger partial charge >= 0.3 is 0 Å². The van der Waals surface area contributed by atoms with Crippen molar-refractivity contribution in [2.75, 3.05) is 0 Å². The standard InChI is InChI=1S/C10H12F2N4/c1-10(2,13)5-16-9-4-7(12)6(11)3-8(9)14-15-16/h3-4H,5,13H2,1-2H3. The molecule has 0 fully saturated rings. The number of halogens is 2. The molecular weight excluding hydrogens is 214 g/mol. The van der Waals surface area contributed by atoms with E-state index in [0.29, 0.717) is 17.6 Å². The molecule has 2 rings (SSSR count). The van der Waals surface area contributed by atoms with Gasteiger partial charge in [-0.2, -0.15) is 0 Å². The second-order valence-electron chi connectivity index (χ2n) is 4.49. The van der Waals surface area contributed by atoms with Crippen LogP contribution in [0.3, 0.4) is 0 Å². The number of rotatable bonds is 2. The van der Waals surface area contributed by atoms with Crippen molar-refractivity contribution in [1.82, 2.24) is 15.0 Å². The van der Waals surface area contributed by atoms with Crippen LogP contribution in [-0.2, 0) is 6.54 Å². The summed E-state index contributed by atoms with van der Waals surface area (Å²) >= 11 is 0. The molecule has 0 unspecified atom stereocenters. The molecule has 16 heavy (non-hydrogen) atoms. The minimum Gasteiger partial charge on any atom is -0.324 e. The van der Waals surface area contributed by atoms with Crippen LogP contribution < -0.4 is 5.73 Å². The predicted octanol–water partition coefficient (Wildman–Crippen LogP) is 1.45. The number of nitrogens with two attached hydrogens (primary N) is 1. The Labute approximate surface area is 91.0 Å². The van der Waals surface area contributed by atoms with Crippen LogP contribution in [-0.4, -0.2) is 20.5 Å². The smallest absolute Gasteiger partial charge is 0.161 e. The first-order chi connectivity index (χ1) is 7.37. The molecular formula is C10H12F2N4. The first-order valence-corrected chi connectivity index (χ1v) is 4.84. The molecule has 0 atom stereocenters. The maximum atomic E-state index is 13.1. The summed E-state index contributed by atoms with van der Waals surface area (Å²) in [5, 5.41) is 7.57. The molecule has 0 aliphatic heterocycles. The van der Waals surface area contributed by atoms with Gasteiger partial charge in [0.15, 0.2) is 11.6 Å². The fourth-order valence-electron chi connectivity index (χ4n) is 1.47. The van der Waals surface area contributed by atoms with E-state index in [1.54, 1.807) is 0 Å². The highest BCUT2D eigenvalue weighted by Gasteiger charge is 2.16. The molecule has 0 amide bonds. The second-order valence-corrected chi connectivity index (χ2v) is 4.49. The summed E-state index contributed by atoms with van der Waals surface area (Å²) < 4.78 is 27.5. The van der Waals surface area contributed by atoms with Gasteiger partial charge in [0.2, 0.25) is 0 Å². The van der Waals surface area contributed by atoms with E-state index >= 15 is 0 Å². The Morgan fingerprint density at radius 1 is 1.31 bits per heavy atom. The van der Waals surface area contributed by atoms with Crippen LogP contribution >= 0.6 is 0 Å². The van der Waals surface area contributed by atoms with Gasteiger partial charge in [0.05, 0.1) is 12.1 Å². The topological polar surface area (TPSA) is 56.7 Å². The van der Waals surface area contributed by atoms with Crippen molar-refractivity contribution in [2.45, 2.75) is 25.9 Å². The summed E-state index contributed by atoms with van der Waals surface area (Å²) in [5.74, 6) is -1.84. The average Bonchev–Trinajstić information content (AvgIpc) is 2.47. The average molecular weight is 226 g/mol. The Balaban J connectivity index is 2.52. The summed E-state index contributed by atoms with van der Waals surface area (Å²) in [7, 11) is 0. The van der Waals surface area contributed by atoms with Crippen LogP contribution in [0.2, 0.25) is 0 Å². The summed E-state index contributed by atoms with van der Waals surface area (Å²) in [6.07, 6.45) is 0. The molecule has 1 heterocycles. The zero-order valence-electron chi connectivity index (χ0n) is 9.04. The van der Waals surface area contributed by atoms with Gasteiger partial charge in [-0.1, -0.05) is 5.21 Å². The van der Waals surface area contributed by atoms with Gasteiger partial charge < -0.3 is 5.73 Å². The van der Waals surface area contributed by atoms with Crippen LogP contribution in [0, 0.1) is 11.6 Å². The van der Waals surface area contributed by atoms with Crippen LogP contribution in [0.4, 0.5) is 8.78 Å². The molecule has 0 aliphatic rings. The first kappa shape index (κ1) is 10.9. The van der Waals surface area contributed by atoms with Gasteiger partial charge in [0.25, 0.3) is 0 Å². The van der Waals surface area contributed by atoms with Crippen molar-refractivity contribution in [1.29, 1.82) is 0 Å². The highest BCUT2D eigenvalue weighted by atomic mass is 19.2. The van der Waals surface area contributed by atoms with Crippen LogP contribution in [0.25, 0.3) is 11.0 Å². The molecule has 4 nitrogen and oxygen atoms in total. The van der Waals surface area contributed by atoms with Crippen LogP contribution in [0.5, 0.6) is 0 Å². The van der Waals surface area contributed by atoms with E-state index in [9.17, 15) is 8.78 Å². The third-order valence-electron chi connectivity index (χ3n) is 2.11. The Kier molecular flexibility index (Phi) is 2.38. The quantitative estimate of drug-likeness (QED) is 0.843.